The Morgan fingerprint density at radius 1 is 1.42 bits per heavy atom. The first-order valence-corrected chi connectivity index (χ1v) is 9.09. The Hall–Kier alpha value is -0.280. The molecular weight excluding hydrogens is 257 g/mol. The minimum atomic E-state index is -0.467. The molecule has 0 aromatic heterocycles. The van der Waals surface area contributed by atoms with Gasteiger partial charge in [0.25, 0.3) is 0 Å². The van der Waals surface area contributed by atoms with Crippen LogP contribution in [0.2, 0.25) is 0 Å². The van der Waals surface area contributed by atoms with E-state index in [1.165, 1.54) is 0 Å². The fourth-order valence-corrected chi connectivity index (χ4v) is 2.77. The van der Waals surface area contributed by atoms with Crippen molar-refractivity contribution in [1.29, 1.82) is 0 Å². The fraction of sp³-hybridized carbons (Fsp3) is 0.857. The van der Waals surface area contributed by atoms with Gasteiger partial charge < -0.3 is 16.2 Å². The molecule has 0 radical (unpaired) electrons. The highest BCUT2D eigenvalue weighted by molar-refractivity contribution is 7.55. The molecular formula is C14H31N3OP+. The van der Waals surface area contributed by atoms with Gasteiger partial charge in [-0.1, -0.05) is 13.8 Å². The highest BCUT2D eigenvalue weighted by Crippen LogP contribution is 2.12. The van der Waals surface area contributed by atoms with E-state index in [9.17, 15) is 5.11 Å². The predicted octanol–water partition coefficient (Wildman–Crippen LogP) is 1.31. The molecule has 0 aromatic carbocycles. The zero-order valence-corrected chi connectivity index (χ0v) is 14.0. The molecule has 4 unspecified atom stereocenters. The summed E-state index contributed by atoms with van der Waals surface area (Å²) in [7, 11) is -0.224. The Balaban J connectivity index is 4.41. The van der Waals surface area contributed by atoms with E-state index in [-0.39, 0.29) is 19.6 Å². The lowest BCUT2D eigenvalue weighted by atomic mass is 10.1. The number of aliphatic imine (C=N–C) groups is 1. The summed E-state index contributed by atoms with van der Waals surface area (Å²) in [6, 6.07) is -0.0227. The van der Waals surface area contributed by atoms with E-state index in [0.717, 1.165) is 18.4 Å². The summed E-state index contributed by atoms with van der Waals surface area (Å²) < 4.78 is 0. The summed E-state index contributed by atoms with van der Waals surface area (Å²) in [4.78, 5) is 4.53. The van der Waals surface area contributed by atoms with Crippen molar-refractivity contribution in [3.05, 3.63) is 0 Å². The van der Waals surface area contributed by atoms with E-state index in [4.69, 9.17) is 5.73 Å². The molecule has 4 atom stereocenters. The largest absolute Gasteiger partial charge is 0.391 e. The fourth-order valence-electron chi connectivity index (χ4n) is 1.84. The van der Waals surface area contributed by atoms with Crippen molar-refractivity contribution in [2.24, 2.45) is 16.6 Å². The van der Waals surface area contributed by atoms with Gasteiger partial charge in [-0.3, -0.25) is 4.99 Å². The molecule has 0 aliphatic carbocycles. The summed E-state index contributed by atoms with van der Waals surface area (Å²) >= 11 is 0. The van der Waals surface area contributed by atoms with Crippen molar-refractivity contribution in [2.75, 3.05) is 25.9 Å². The molecule has 0 saturated heterocycles. The number of nitrogens with two attached hydrogens (primary N) is 1. The molecule has 0 rings (SSSR count). The average molecular weight is 288 g/mol. The van der Waals surface area contributed by atoms with Crippen LogP contribution in [0.4, 0.5) is 0 Å². The summed E-state index contributed by atoms with van der Waals surface area (Å²) in [5, 5.41) is 13.2. The first-order valence-electron chi connectivity index (χ1n) is 6.93. The summed E-state index contributed by atoms with van der Waals surface area (Å²) in [5.41, 5.74) is 6.99. The maximum atomic E-state index is 9.85. The lowest BCUT2D eigenvalue weighted by molar-refractivity contribution is 0.170. The number of rotatable bonds is 9. The van der Waals surface area contributed by atoms with Gasteiger partial charge in [-0.2, -0.15) is 0 Å². The van der Waals surface area contributed by atoms with Crippen molar-refractivity contribution < 1.29 is 5.11 Å². The molecule has 112 valence electrons. The molecule has 0 fully saturated rings. The van der Waals surface area contributed by atoms with Gasteiger partial charge >= 0.3 is 0 Å². The van der Waals surface area contributed by atoms with Gasteiger partial charge in [0, 0.05) is 18.8 Å². The first-order chi connectivity index (χ1) is 8.73. The van der Waals surface area contributed by atoms with Crippen LogP contribution in [0.3, 0.4) is 0 Å². The van der Waals surface area contributed by atoms with Crippen molar-refractivity contribution in [2.45, 2.75) is 45.9 Å². The molecule has 4 N–H and O–H groups in total. The van der Waals surface area contributed by atoms with Gasteiger partial charge in [0.1, 0.15) is 6.16 Å². The molecule has 19 heavy (non-hydrogen) atoms. The summed E-state index contributed by atoms with van der Waals surface area (Å²) in [6.45, 7) is 11.6. The molecule has 0 aliphatic heterocycles. The number of nitrogens with one attached hydrogen (secondary N) is 1. The third-order valence-electron chi connectivity index (χ3n) is 2.78. The maximum Gasteiger partial charge on any atom is 0.122 e. The lowest BCUT2D eigenvalue weighted by Crippen LogP contribution is -2.49. The minimum absolute atomic E-state index is 0.0905. The minimum Gasteiger partial charge on any atom is -0.391 e. The van der Waals surface area contributed by atoms with E-state index in [1.54, 1.807) is 6.92 Å². The number of nitrogens with zero attached hydrogens (tertiary/aromatic N) is 1. The van der Waals surface area contributed by atoms with E-state index in [0.29, 0.717) is 12.5 Å². The van der Waals surface area contributed by atoms with Crippen LogP contribution in [0.25, 0.3) is 0 Å². The molecule has 0 heterocycles. The Morgan fingerprint density at radius 3 is 2.42 bits per heavy atom. The standard InChI is InChI=1S/C14H31N3OP/c1-10(2)7-16-11(3)14(12(4)18)17-8-13(15)9-19(5)6/h10,12-14,17-18H,5,7-9,15H2,1-4,6H3/q+1. The zero-order chi connectivity index (χ0) is 15.0. The van der Waals surface area contributed by atoms with Gasteiger partial charge in [-0.15, -0.1) is 0 Å². The summed E-state index contributed by atoms with van der Waals surface area (Å²) in [5.74, 6) is 0.529. The van der Waals surface area contributed by atoms with Crippen LogP contribution >= 0.6 is 7.55 Å². The van der Waals surface area contributed by atoms with Crippen LogP contribution in [0.1, 0.15) is 27.7 Å². The Labute approximate surface area is 119 Å². The predicted molar refractivity (Wildman–Crippen MR) is 89.1 cm³/mol. The SMILES string of the molecule is C=[P+](C)CC(N)CNC(C(C)=NCC(C)C)C(C)O. The first kappa shape index (κ1) is 18.7. The van der Waals surface area contributed by atoms with Gasteiger partial charge in [-0.25, -0.2) is 0 Å². The molecule has 5 heteroatoms. The smallest absolute Gasteiger partial charge is 0.122 e. The topological polar surface area (TPSA) is 70.6 Å². The quantitative estimate of drug-likeness (QED) is 0.442. The van der Waals surface area contributed by atoms with Crippen LogP contribution < -0.4 is 11.1 Å². The second-order valence-electron chi connectivity index (χ2n) is 5.80. The number of aliphatic hydroxyl groups excluding tert-OH is 1. The van der Waals surface area contributed by atoms with Gasteiger partial charge in [0.2, 0.25) is 0 Å². The monoisotopic (exact) mass is 288 g/mol. The van der Waals surface area contributed by atoms with E-state index in [1.807, 2.05) is 6.92 Å². The van der Waals surface area contributed by atoms with Gasteiger partial charge in [-0.05, 0) is 19.8 Å². The Morgan fingerprint density at radius 2 is 2.00 bits per heavy atom. The molecule has 0 saturated carbocycles. The molecule has 0 aliphatic rings. The van der Waals surface area contributed by atoms with E-state index < -0.39 is 6.10 Å². The second kappa shape index (κ2) is 9.60. The Kier molecular flexibility index (Phi) is 9.46. The van der Waals surface area contributed by atoms with E-state index >= 15 is 0 Å². The molecule has 4 nitrogen and oxygen atoms in total. The van der Waals surface area contributed by atoms with Crippen molar-refractivity contribution >= 4 is 19.6 Å². The van der Waals surface area contributed by atoms with Crippen LogP contribution in [0.5, 0.6) is 0 Å². The van der Waals surface area contributed by atoms with Crippen LogP contribution in [0, 0.1) is 5.92 Å². The molecule has 0 bridgehead atoms. The average Bonchev–Trinajstić information content (AvgIpc) is 2.24. The normalized spacial score (nSPS) is 18.3. The van der Waals surface area contributed by atoms with Crippen molar-refractivity contribution in [1.82, 2.24) is 5.32 Å². The second-order valence-corrected chi connectivity index (χ2v) is 7.88. The summed E-state index contributed by atoms with van der Waals surface area (Å²) in [6.07, 6.45) is 4.48. The Bertz CT molecular complexity index is 303. The zero-order valence-electron chi connectivity index (χ0n) is 13.1. The van der Waals surface area contributed by atoms with Crippen LogP contribution in [0.15, 0.2) is 4.99 Å². The highest BCUT2D eigenvalue weighted by Gasteiger charge is 2.19. The number of hydrogen-bond donors (Lipinski definition) is 3. The number of hydrogen-bond acceptors (Lipinski definition) is 4. The van der Waals surface area contributed by atoms with Crippen LogP contribution in [-0.2, 0) is 0 Å². The van der Waals surface area contributed by atoms with Crippen molar-refractivity contribution in [3.63, 3.8) is 0 Å². The lowest BCUT2D eigenvalue weighted by Gasteiger charge is -2.23. The third kappa shape index (κ3) is 9.28. The maximum absolute atomic E-state index is 9.85. The van der Waals surface area contributed by atoms with Gasteiger partial charge in [0.15, 0.2) is 0 Å². The molecule has 0 amide bonds. The third-order valence-corrected chi connectivity index (χ3v) is 3.88. The van der Waals surface area contributed by atoms with E-state index in [2.05, 4.69) is 37.1 Å². The molecule has 0 spiro atoms. The van der Waals surface area contributed by atoms with Crippen LogP contribution in [-0.4, -0.2) is 61.2 Å². The number of aliphatic hydroxyl groups is 1. The molecule has 0 aromatic rings. The van der Waals surface area contributed by atoms with Crippen molar-refractivity contribution in [3.8, 4) is 0 Å². The van der Waals surface area contributed by atoms with Gasteiger partial charge in [0.05, 0.1) is 38.7 Å². The highest BCUT2D eigenvalue weighted by atomic mass is 31.1.